The van der Waals surface area contributed by atoms with E-state index in [-0.39, 0.29) is 28.7 Å². The van der Waals surface area contributed by atoms with Crippen LogP contribution in [0.25, 0.3) is 0 Å². The molecule has 0 saturated heterocycles. The first-order valence-corrected chi connectivity index (χ1v) is 9.95. The normalized spacial score (nSPS) is 14.4. The van der Waals surface area contributed by atoms with E-state index in [1.165, 1.54) is 0 Å². The summed E-state index contributed by atoms with van der Waals surface area (Å²) in [5.74, 6) is -1.28. The van der Waals surface area contributed by atoms with Crippen molar-refractivity contribution in [2.24, 2.45) is 0 Å². The Bertz CT molecular complexity index is 1040. The lowest BCUT2D eigenvalue weighted by Gasteiger charge is -2.21. The Morgan fingerprint density at radius 2 is 1.70 bits per heavy atom. The zero-order chi connectivity index (χ0) is 22.1. The third-order valence-corrected chi connectivity index (χ3v) is 4.89. The lowest BCUT2D eigenvalue weighted by Crippen LogP contribution is -2.40. The van der Waals surface area contributed by atoms with Crippen molar-refractivity contribution in [1.29, 1.82) is 0 Å². The van der Waals surface area contributed by atoms with Gasteiger partial charge in [0.15, 0.2) is 0 Å². The van der Waals surface area contributed by atoms with Crippen LogP contribution in [0.3, 0.4) is 0 Å². The van der Waals surface area contributed by atoms with Crippen molar-refractivity contribution in [3.63, 3.8) is 0 Å². The summed E-state index contributed by atoms with van der Waals surface area (Å²) in [7, 11) is 0. The van der Waals surface area contributed by atoms with Gasteiger partial charge in [0.2, 0.25) is 0 Å². The lowest BCUT2D eigenvalue weighted by molar-refractivity contribution is -0.138. The molecule has 156 valence electrons. The summed E-state index contributed by atoms with van der Waals surface area (Å²) < 4.78 is 0. The smallest absolute Gasteiger partial charge is 0.279 e. The summed E-state index contributed by atoms with van der Waals surface area (Å²) in [5.41, 5.74) is 2.23. The number of rotatable bonds is 5. The summed E-state index contributed by atoms with van der Waals surface area (Å²) in [6, 6.07) is 14.3. The molecule has 0 atom stereocenters. The number of nitrogens with one attached hydrogen (secondary N) is 2. The van der Waals surface area contributed by atoms with Crippen LogP contribution in [-0.2, 0) is 16.1 Å². The molecule has 0 radical (unpaired) electrons. The van der Waals surface area contributed by atoms with Crippen LogP contribution in [0, 0.1) is 6.92 Å². The van der Waals surface area contributed by atoms with Gasteiger partial charge in [-0.3, -0.25) is 19.3 Å². The van der Waals surface area contributed by atoms with E-state index in [4.69, 9.17) is 11.6 Å². The Morgan fingerprint density at radius 1 is 1.03 bits per heavy atom. The highest BCUT2D eigenvalue weighted by molar-refractivity contribution is 6.48. The van der Waals surface area contributed by atoms with Crippen molar-refractivity contribution in [3.8, 4) is 0 Å². The number of benzene rings is 2. The molecule has 3 rings (SSSR count). The second-order valence-electron chi connectivity index (χ2n) is 8.23. The fraction of sp³-hybridized carbons (Fsp3) is 0.261. The SMILES string of the molecule is Cc1ccc(C(=O)NC(C)(C)C)cc1NC1=C(Cl)C(=O)N(Cc2ccccc2)C1=O. The number of anilines is 1. The average molecular weight is 426 g/mol. The number of carbonyl (C=O) groups excluding carboxylic acids is 3. The summed E-state index contributed by atoms with van der Waals surface area (Å²) >= 11 is 6.20. The van der Waals surface area contributed by atoms with Crippen LogP contribution < -0.4 is 10.6 Å². The molecule has 3 amide bonds. The first-order chi connectivity index (χ1) is 14.1. The number of amides is 3. The third-order valence-electron chi connectivity index (χ3n) is 4.54. The van der Waals surface area contributed by atoms with E-state index in [1.54, 1.807) is 18.2 Å². The van der Waals surface area contributed by atoms with Crippen LogP contribution in [0.4, 0.5) is 5.69 Å². The molecule has 7 heteroatoms. The second-order valence-corrected chi connectivity index (χ2v) is 8.61. The number of hydrogen-bond acceptors (Lipinski definition) is 4. The van der Waals surface area contributed by atoms with Crippen LogP contribution in [0.15, 0.2) is 59.3 Å². The lowest BCUT2D eigenvalue weighted by atomic mass is 10.1. The van der Waals surface area contributed by atoms with Crippen LogP contribution in [0.1, 0.15) is 42.3 Å². The highest BCUT2D eigenvalue weighted by Crippen LogP contribution is 2.28. The van der Waals surface area contributed by atoms with Gasteiger partial charge >= 0.3 is 0 Å². The molecule has 0 fully saturated rings. The Morgan fingerprint density at radius 3 is 2.33 bits per heavy atom. The largest absolute Gasteiger partial charge is 0.349 e. The fourth-order valence-corrected chi connectivity index (χ4v) is 3.24. The quantitative estimate of drug-likeness (QED) is 0.711. The van der Waals surface area contributed by atoms with Crippen LogP contribution in [0.2, 0.25) is 0 Å². The van der Waals surface area contributed by atoms with E-state index < -0.39 is 11.8 Å². The van der Waals surface area contributed by atoms with Gasteiger partial charge in [-0.2, -0.15) is 0 Å². The van der Waals surface area contributed by atoms with Crippen molar-refractivity contribution in [3.05, 3.63) is 76.0 Å². The van der Waals surface area contributed by atoms with Gasteiger partial charge in [-0.1, -0.05) is 48.0 Å². The van der Waals surface area contributed by atoms with E-state index in [0.29, 0.717) is 11.3 Å². The second kappa shape index (κ2) is 8.32. The molecule has 2 N–H and O–H groups in total. The first-order valence-electron chi connectivity index (χ1n) is 9.57. The molecular formula is C23H24ClN3O3. The Labute approximate surface area is 180 Å². The third kappa shape index (κ3) is 4.71. The predicted octanol–water partition coefficient (Wildman–Crippen LogP) is 3.95. The molecule has 1 heterocycles. The summed E-state index contributed by atoms with van der Waals surface area (Å²) in [4.78, 5) is 39.0. The van der Waals surface area contributed by atoms with E-state index in [2.05, 4.69) is 10.6 Å². The van der Waals surface area contributed by atoms with E-state index in [9.17, 15) is 14.4 Å². The predicted molar refractivity (Wildman–Crippen MR) is 117 cm³/mol. The van der Waals surface area contributed by atoms with Gasteiger partial charge < -0.3 is 10.6 Å². The van der Waals surface area contributed by atoms with E-state index >= 15 is 0 Å². The molecule has 0 saturated carbocycles. The topological polar surface area (TPSA) is 78.5 Å². The number of nitrogens with zero attached hydrogens (tertiary/aromatic N) is 1. The monoisotopic (exact) mass is 425 g/mol. The van der Waals surface area contributed by atoms with Crippen molar-refractivity contribution in [1.82, 2.24) is 10.2 Å². The zero-order valence-corrected chi connectivity index (χ0v) is 18.1. The van der Waals surface area contributed by atoms with Gasteiger partial charge in [-0.15, -0.1) is 0 Å². The van der Waals surface area contributed by atoms with Gasteiger partial charge in [0.1, 0.15) is 10.7 Å². The summed E-state index contributed by atoms with van der Waals surface area (Å²) in [5, 5.41) is 5.70. The number of halogens is 1. The van der Waals surface area contributed by atoms with Gasteiger partial charge in [0, 0.05) is 16.8 Å². The molecule has 0 unspecified atom stereocenters. The number of carbonyl (C=O) groups is 3. The molecule has 30 heavy (non-hydrogen) atoms. The number of imide groups is 1. The molecule has 0 aliphatic carbocycles. The maximum atomic E-state index is 12.9. The highest BCUT2D eigenvalue weighted by Gasteiger charge is 2.38. The Hall–Kier alpha value is -3.12. The number of aryl methyl sites for hydroxylation is 1. The summed E-state index contributed by atoms with van der Waals surface area (Å²) in [6.07, 6.45) is 0. The molecular weight excluding hydrogens is 402 g/mol. The molecule has 2 aromatic carbocycles. The van der Waals surface area contributed by atoms with Crippen molar-refractivity contribution in [2.45, 2.75) is 39.8 Å². The minimum atomic E-state index is -0.549. The van der Waals surface area contributed by atoms with Crippen LogP contribution in [-0.4, -0.2) is 28.2 Å². The van der Waals surface area contributed by atoms with Crippen molar-refractivity contribution < 1.29 is 14.4 Å². The van der Waals surface area contributed by atoms with Crippen molar-refractivity contribution in [2.75, 3.05) is 5.32 Å². The Balaban J connectivity index is 1.83. The van der Waals surface area contributed by atoms with Crippen LogP contribution in [0.5, 0.6) is 0 Å². The van der Waals surface area contributed by atoms with Gasteiger partial charge in [0.25, 0.3) is 17.7 Å². The minimum Gasteiger partial charge on any atom is -0.349 e. The highest BCUT2D eigenvalue weighted by atomic mass is 35.5. The standard InChI is InChI=1S/C23H24ClN3O3/c1-14-10-11-16(20(28)26-23(2,3)4)12-17(14)25-19-18(24)21(29)27(22(19)30)13-15-8-6-5-7-9-15/h5-12,25H,13H2,1-4H3,(H,26,28). The molecule has 0 bridgehead atoms. The zero-order valence-electron chi connectivity index (χ0n) is 17.4. The molecule has 6 nitrogen and oxygen atoms in total. The van der Waals surface area contributed by atoms with E-state index in [0.717, 1.165) is 16.0 Å². The average Bonchev–Trinajstić information content (AvgIpc) is 2.87. The minimum absolute atomic E-state index is 0.00840. The van der Waals surface area contributed by atoms with Crippen LogP contribution >= 0.6 is 11.6 Å². The Kier molecular flexibility index (Phi) is 5.99. The van der Waals surface area contributed by atoms with Gasteiger partial charge in [-0.05, 0) is 51.0 Å². The van der Waals surface area contributed by atoms with Crippen molar-refractivity contribution >= 4 is 35.0 Å². The maximum absolute atomic E-state index is 12.9. The molecule has 0 aromatic heterocycles. The fourth-order valence-electron chi connectivity index (χ4n) is 3.01. The summed E-state index contributed by atoms with van der Waals surface area (Å²) in [6.45, 7) is 7.66. The molecule has 2 aromatic rings. The molecule has 1 aliphatic rings. The molecule has 0 spiro atoms. The van der Waals surface area contributed by atoms with E-state index in [1.807, 2.05) is 58.0 Å². The maximum Gasteiger partial charge on any atom is 0.279 e. The van der Waals surface area contributed by atoms with Gasteiger partial charge in [-0.25, -0.2) is 0 Å². The number of hydrogen-bond donors (Lipinski definition) is 2. The molecule has 1 aliphatic heterocycles. The van der Waals surface area contributed by atoms with Gasteiger partial charge in [0.05, 0.1) is 6.54 Å². The first kappa shape index (κ1) is 21.6.